The second-order valence-electron chi connectivity index (χ2n) is 6.20. The Kier molecular flexibility index (Phi) is 3.46. The molecule has 0 unspecified atom stereocenters. The third-order valence-electron chi connectivity index (χ3n) is 4.70. The zero-order valence-electron chi connectivity index (χ0n) is 13.1. The topological polar surface area (TPSA) is 49.0 Å². The van der Waals surface area contributed by atoms with Crippen LogP contribution in [0.4, 0.5) is 0 Å². The molecule has 1 aliphatic rings. The minimum absolute atomic E-state index is 0.0955. The zero-order chi connectivity index (χ0) is 15.8. The van der Waals surface area contributed by atoms with Crippen LogP contribution in [-0.4, -0.2) is 21.9 Å². The Morgan fingerprint density at radius 2 is 1.96 bits per heavy atom. The van der Waals surface area contributed by atoms with Gasteiger partial charge in [0, 0.05) is 12.6 Å². The van der Waals surface area contributed by atoms with Crippen LogP contribution >= 0.6 is 0 Å². The Bertz CT molecular complexity index is 916. The molecule has 23 heavy (non-hydrogen) atoms. The van der Waals surface area contributed by atoms with Crippen molar-refractivity contribution in [3.05, 3.63) is 75.7 Å². The summed E-state index contributed by atoms with van der Waals surface area (Å²) in [6.07, 6.45) is 2.20. The van der Waals surface area contributed by atoms with Gasteiger partial charge in [-0.05, 0) is 43.1 Å². The fourth-order valence-electron chi connectivity index (χ4n) is 3.51. The van der Waals surface area contributed by atoms with Crippen molar-refractivity contribution in [1.82, 2.24) is 14.9 Å². The summed E-state index contributed by atoms with van der Waals surface area (Å²) in [6.45, 7) is 0.555. The maximum Gasteiger partial charge on any atom is 0.271 e. The van der Waals surface area contributed by atoms with Gasteiger partial charge < -0.3 is 4.98 Å². The van der Waals surface area contributed by atoms with Crippen LogP contribution in [0.15, 0.2) is 53.3 Å². The van der Waals surface area contributed by atoms with Gasteiger partial charge in [0.25, 0.3) is 5.56 Å². The summed E-state index contributed by atoms with van der Waals surface area (Å²) >= 11 is 0. The van der Waals surface area contributed by atoms with E-state index in [4.69, 9.17) is 0 Å². The molecular formula is C19H19N3O. The smallest absolute Gasteiger partial charge is 0.271 e. The number of rotatable bonds is 3. The molecule has 4 rings (SSSR count). The number of para-hydroxylation sites is 2. The third-order valence-corrected chi connectivity index (χ3v) is 4.70. The summed E-state index contributed by atoms with van der Waals surface area (Å²) in [6, 6.07) is 16.6. The number of nitrogens with zero attached hydrogens (tertiary/aromatic N) is 2. The number of hydrogen-bond donors (Lipinski definition) is 1. The van der Waals surface area contributed by atoms with Gasteiger partial charge in [0.15, 0.2) is 0 Å². The van der Waals surface area contributed by atoms with Gasteiger partial charge in [-0.25, -0.2) is 4.98 Å². The van der Waals surface area contributed by atoms with Gasteiger partial charge in [0.2, 0.25) is 0 Å². The van der Waals surface area contributed by atoms with Crippen LogP contribution < -0.4 is 5.56 Å². The van der Waals surface area contributed by atoms with Crippen molar-refractivity contribution >= 4 is 11.0 Å². The van der Waals surface area contributed by atoms with Gasteiger partial charge in [-0.2, -0.15) is 0 Å². The Hall–Kier alpha value is -2.46. The fraction of sp³-hybridized carbons (Fsp3) is 0.263. The summed E-state index contributed by atoms with van der Waals surface area (Å²) < 4.78 is 0. The quantitative estimate of drug-likeness (QED) is 0.809. The first-order valence-corrected chi connectivity index (χ1v) is 7.98. The molecule has 116 valence electrons. The number of nitrogens with one attached hydrogen (secondary N) is 1. The maximum atomic E-state index is 12.3. The van der Waals surface area contributed by atoms with E-state index in [0.717, 1.165) is 23.9 Å². The number of hydrogen-bond acceptors (Lipinski definition) is 3. The van der Waals surface area contributed by atoms with Crippen molar-refractivity contribution in [2.75, 3.05) is 7.05 Å². The largest absolute Gasteiger partial charge is 0.319 e. The van der Waals surface area contributed by atoms with E-state index in [1.165, 1.54) is 11.1 Å². The van der Waals surface area contributed by atoms with Crippen molar-refractivity contribution in [2.24, 2.45) is 0 Å². The zero-order valence-corrected chi connectivity index (χ0v) is 13.1. The molecule has 0 spiro atoms. The Balaban J connectivity index is 1.63. The van der Waals surface area contributed by atoms with E-state index in [1.807, 2.05) is 24.3 Å². The van der Waals surface area contributed by atoms with Gasteiger partial charge >= 0.3 is 0 Å². The molecule has 3 aromatic rings. The van der Waals surface area contributed by atoms with Crippen LogP contribution in [-0.2, 0) is 13.0 Å². The first-order valence-electron chi connectivity index (χ1n) is 7.98. The van der Waals surface area contributed by atoms with Crippen LogP contribution in [0.3, 0.4) is 0 Å². The lowest BCUT2D eigenvalue weighted by Crippen LogP contribution is -2.27. The highest BCUT2D eigenvalue weighted by atomic mass is 16.1. The highest BCUT2D eigenvalue weighted by Crippen LogP contribution is 2.35. The third kappa shape index (κ3) is 2.55. The highest BCUT2D eigenvalue weighted by molar-refractivity contribution is 5.73. The number of aryl methyl sites for hydroxylation is 1. The second-order valence-corrected chi connectivity index (χ2v) is 6.20. The second kappa shape index (κ2) is 5.63. The first-order chi connectivity index (χ1) is 11.2. The van der Waals surface area contributed by atoms with Gasteiger partial charge in [-0.3, -0.25) is 9.69 Å². The van der Waals surface area contributed by atoms with Crippen LogP contribution in [0.25, 0.3) is 11.0 Å². The minimum Gasteiger partial charge on any atom is -0.319 e. The monoisotopic (exact) mass is 305 g/mol. The molecule has 1 atom stereocenters. The van der Waals surface area contributed by atoms with Crippen LogP contribution in [0.1, 0.15) is 29.3 Å². The van der Waals surface area contributed by atoms with Crippen molar-refractivity contribution < 1.29 is 0 Å². The first kappa shape index (κ1) is 14.2. The normalized spacial score (nSPS) is 16.9. The predicted molar refractivity (Wildman–Crippen MR) is 91.3 cm³/mol. The summed E-state index contributed by atoms with van der Waals surface area (Å²) in [7, 11) is 2.07. The number of benzene rings is 2. The van der Waals surface area contributed by atoms with Gasteiger partial charge in [-0.1, -0.05) is 36.4 Å². The number of aromatic nitrogens is 2. The lowest BCUT2D eigenvalue weighted by Gasteiger charge is -2.24. The van der Waals surface area contributed by atoms with Crippen molar-refractivity contribution in [1.29, 1.82) is 0 Å². The maximum absolute atomic E-state index is 12.3. The summed E-state index contributed by atoms with van der Waals surface area (Å²) in [5, 5.41) is 0. The molecule has 1 heterocycles. The molecule has 1 aromatic heterocycles. The molecule has 2 aromatic carbocycles. The molecule has 0 amide bonds. The molecule has 0 fully saturated rings. The molecule has 0 saturated heterocycles. The molecule has 4 heteroatoms. The number of H-pyrrole nitrogens is 1. The summed E-state index contributed by atoms with van der Waals surface area (Å²) in [5.41, 5.74) is 4.91. The summed E-state index contributed by atoms with van der Waals surface area (Å²) in [4.78, 5) is 22.0. The lowest BCUT2D eigenvalue weighted by atomic mass is 10.1. The van der Waals surface area contributed by atoms with E-state index in [0.29, 0.717) is 18.3 Å². The molecule has 0 aliphatic heterocycles. The molecule has 0 bridgehead atoms. The molecule has 0 radical (unpaired) electrons. The number of aromatic amines is 1. The molecular weight excluding hydrogens is 286 g/mol. The van der Waals surface area contributed by atoms with E-state index < -0.39 is 0 Å². The SMILES string of the molecule is CN(Cc1nc2ccccc2[nH]c1=O)[C@H]1CCc2ccccc21. The van der Waals surface area contributed by atoms with Gasteiger partial charge in [-0.15, -0.1) is 0 Å². The lowest BCUT2D eigenvalue weighted by molar-refractivity contribution is 0.232. The Labute approximate surface area is 134 Å². The number of fused-ring (bicyclic) bond motifs is 2. The highest BCUT2D eigenvalue weighted by Gasteiger charge is 2.26. The molecule has 1 N–H and O–H groups in total. The van der Waals surface area contributed by atoms with Crippen LogP contribution in [0.5, 0.6) is 0 Å². The van der Waals surface area contributed by atoms with Crippen LogP contribution in [0, 0.1) is 0 Å². The fourth-order valence-corrected chi connectivity index (χ4v) is 3.51. The van der Waals surface area contributed by atoms with E-state index >= 15 is 0 Å². The van der Waals surface area contributed by atoms with E-state index in [1.54, 1.807) is 0 Å². The van der Waals surface area contributed by atoms with Crippen molar-refractivity contribution in [2.45, 2.75) is 25.4 Å². The predicted octanol–water partition coefficient (Wildman–Crippen LogP) is 3.04. The van der Waals surface area contributed by atoms with Crippen molar-refractivity contribution in [3.63, 3.8) is 0 Å². The molecule has 1 aliphatic carbocycles. The molecule has 0 saturated carbocycles. The van der Waals surface area contributed by atoms with E-state index in [-0.39, 0.29) is 5.56 Å². The Morgan fingerprint density at radius 1 is 1.17 bits per heavy atom. The standard InChI is InChI=1S/C19H19N3O/c1-22(18-11-10-13-6-2-3-7-14(13)18)12-17-19(23)21-16-9-5-4-8-15(16)20-17/h2-9,18H,10-12H2,1H3,(H,21,23)/t18-/m0/s1. The van der Waals surface area contributed by atoms with Crippen molar-refractivity contribution in [3.8, 4) is 0 Å². The van der Waals surface area contributed by atoms with Crippen LogP contribution in [0.2, 0.25) is 0 Å². The van der Waals surface area contributed by atoms with E-state index in [2.05, 4.69) is 46.2 Å². The molecule has 4 nitrogen and oxygen atoms in total. The average molecular weight is 305 g/mol. The Morgan fingerprint density at radius 3 is 2.87 bits per heavy atom. The summed E-state index contributed by atoms with van der Waals surface area (Å²) in [5.74, 6) is 0. The van der Waals surface area contributed by atoms with Gasteiger partial charge in [0.1, 0.15) is 5.69 Å². The average Bonchev–Trinajstić information content (AvgIpc) is 2.99. The minimum atomic E-state index is -0.0955. The van der Waals surface area contributed by atoms with Gasteiger partial charge in [0.05, 0.1) is 11.0 Å². The van der Waals surface area contributed by atoms with E-state index in [9.17, 15) is 4.79 Å².